The Labute approximate surface area is 142 Å². The fourth-order valence-corrected chi connectivity index (χ4v) is 3.24. The Hall–Kier alpha value is -2.91. The van der Waals surface area contributed by atoms with Gasteiger partial charge in [-0.15, -0.1) is 0 Å². The molecule has 3 N–H and O–H groups in total. The van der Waals surface area contributed by atoms with Gasteiger partial charge in [0.2, 0.25) is 10.0 Å². The van der Waals surface area contributed by atoms with E-state index in [1.807, 2.05) is 0 Å². The van der Waals surface area contributed by atoms with Gasteiger partial charge in [0.25, 0.3) is 0 Å². The first-order valence-electron chi connectivity index (χ1n) is 7.33. The summed E-state index contributed by atoms with van der Waals surface area (Å²) in [6.07, 6.45) is 0. The van der Waals surface area contributed by atoms with Crippen molar-refractivity contribution in [3.05, 3.63) is 58.5 Å². The summed E-state index contributed by atoms with van der Waals surface area (Å²) in [5.41, 5.74) is 1.18. The molecular weight excluding hydrogens is 346 g/mol. The predicted molar refractivity (Wildman–Crippen MR) is 90.9 cm³/mol. The SMILES string of the molecule is Cc1ccccc1OC(=O)CNS(=O)(=O)c1ccc2[nH]c(=O)[nH]c2c1. The molecule has 2 aromatic carbocycles. The number of benzene rings is 2. The molecule has 0 aliphatic heterocycles. The van der Waals surface area contributed by atoms with Crippen LogP contribution in [0.15, 0.2) is 52.2 Å². The molecular formula is C16H15N3O5S. The number of carbonyl (C=O) groups excluding carboxylic acids is 1. The van der Waals surface area contributed by atoms with Crippen LogP contribution in [0.25, 0.3) is 11.0 Å². The number of ether oxygens (including phenoxy) is 1. The summed E-state index contributed by atoms with van der Waals surface area (Å²) in [6.45, 7) is 1.26. The van der Waals surface area contributed by atoms with Crippen LogP contribution in [0.3, 0.4) is 0 Å². The molecule has 9 heteroatoms. The summed E-state index contributed by atoms with van der Waals surface area (Å²) >= 11 is 0. The maximum atomic E-state index is 12.3. The molecule has 0 aliphatic carbocycles. The largest absolute Gasteiger partial charge is 0.425 e. The number of hydrogen-bond donors (Lipinski definition) is 3. The predicted octanol–water partition coefficient (Wildman–Crippen LogP) is 1.05. The molecule has 1 heterocycles. The van der Waals surface area contributed by atoms with Crippen molar-refractivity contribution in [1.82, 2.24) is 14.7 Å². The molecule has 0 saturated heterocycles. The second-order valence-corrected chi connectivity index (χ2v) is 7.12. The van der Waals surface area contributed by atoms with Crippen molar-refractivity contribution in [2.45, 2.75) is 11.8 Å². The van der Waals surface area contributed by atoms with Gasteiger partial charge in [-0.05, 0) is 36.8 Å². The number of aromatic nitrogens is 2. The van der Waals surface area contributed by atoms with Gasteiger partial charge in [-0.25, -0.2) is 13.2 Å². The molecule has 3 rings (SSSR count). The third-order valence-electron chi connectivity index (χ3n) is 3.52. The molecule has 0 fully saturated rings. The van der Waals surface area contributed by atoms with Crippen LogP contribution in [-0.2, 0) is 14.8 Å². The number of imidazole rings is 1. The third kappa shape index (κ3) is 3.78. The average Bonchev–Trinajstić information content (AvgIpc) is 2.94. The van der Waals surface area contributed by atoms with Crippen molar-refractivity contribution < 1.29 is 17.9 Å². The van der Waals surface area contributed by atoms with Gasteiger partial charge in [-0.2, -0.15) is 4.72 Å². The Bertz CT molecular complexity index is 1100. The van der Waals surface area contributed by atoms with Gasteiger partial charge in [0.15, 0.2) is 0 Å². The van der Waals surface area contributed by atoms with E-state index in [1.54, 1.807) is 31.2 Å². The second-order valence-electron chi connectivity index (χ2n) is 5.35. The normalized spacial score (nSPS) is 11.6. The maximum Gasteiger partial charge on any atom is 0.326 e. The van der Waals surface area contributed by atoms with Crippen molar-refractivity contribution in [1.29, 1.82) is 0 Å². The number of esters is 1. The summed E-state index contributed by atoms with van der Waals surface area (Å²) in [6, 6.07) is 11.0. The minimum absolute atomic E-state index is 0.0704. The van der Waals surface area contributed by atoms with E-state index in [9.17, 15) is 18.0 Å². The molecule has 0 radical (unpaired) electrons. The number of para-hydroxylation sites is 1. The fourth-order valence-electron chi connectivity index (χ4n) is 2.25. The standard InChI is InChI=1S/C16H15N3O5S/c1-10-4-2-3-5-14(10)24-15(20)9-17-25(22,23)11-6-7-12-13(8-11)19-16(21)18-12/h2-8,17H,9H2,1H3,(H2,18,19,21). The summed E-state index contributed by atoms with van der Waals surface area (Å²) in [5.74, 6) is -0.355. The van der Waals surface area contributed by atoms with E-state index in [0.29, 0.717) is 16.8 Å². The topological polar surface area (TPSA) is 121 Å². The third-order valence-corrected chi connectivity index (χ3v) is 4.92. The van der Waals surface area contributed by atoms with Gasteiger partial charge < -0.3 is 14.7 Å². The fraction of sp³-hybridized carbons (Fsp3) is 0.125. The molecule has 0 bridgehead atoms. The zero-order valence-corrected chi connectivity index (χ0v) is 14.0. The molecule has 0 saturated carbocycles. The van der Waals surface area contributed by atoms with Gasteiger partial charge in [0, 0.05) is 0 Å². The average molecular weight is 361 g/mol. The van der Waals surface area contributed by atoms with E-state index in [0.717, 1.165) is 5.56 Å². The first-order chi connectivity index (χ1) is 11.8. The van der Waals surface area contributed by atoms with E-state index in [1.165, 1.54) is 18.2 Å². The Kier molecular flexibility index (Phi) is 4.43. The van der Waals surface area contributed by atoms with Gasteiger partial charge in [0.05, 0.1) is 15.9 Å². The molecule has 0 unspecified atom stereocenters. The number of hydrogen-bond acceptors (Lipinski definition) is 5. The zero-order chi connectivity index (χ0) is 18.0. The monoisotopic (exact) mass is 361 g/mol. The zero-order valence-electron chi connectivity index (χ0n) is 13.2. The van der Waals surface area contributed by atoms with Crippen LogP contribution in [0.1, 0.15) is 5.56 Å². The van der Waals surface area contributed by atoms with Crippen molar-refractivity contribution in [3.63, 3.8) is 0 Å². The van der Waals surface area contributed by atoms with Crippen LogP contribution in [0.5, 0.6) is 5.75 Å². The van der Waals surface area contributed by atoms with E-state index in [-0.39, 0.29) is 4.90 Å². The Morgan fingerprint density at radius 2 is 1.84 bits per heavy atom. The molecule has 8 nitrogen and oxygen atoms in total. The highest BCUT2D eigenvalue weighted by Gasteiger charge is 2.17. The van der Waals surface area contributed by atoms with Crippen LogP contribution in [0.2, 0.25) is 0 Å². The minimum atomic E-state index is -3.93. The summed E-state index contributed by atoms with van der Waals surface area (Å²) in [4.78, 5) is 28.0. The van der Waals surface area contributed by atoms with Crippen molar-refractivity contribution >= 4 is 27.0 Å². The highest BCUT2D eigenvalue weighted by Crippen LogP contribution is 2.17. The van der Waals surface area contributed by atoms with Crippen LogP contribution < -0.4 is 15.1 Å². The first-order valence-corrected chi connectivity index (χ1v) is 8.81. The van der Waals surface area contributed by atoms with E-state index >= 15 is 0 Å². The van der Waals surface area contributed by atoms with Gasteiger partial charge >= 0.3 is 11.7 Å². The van der Waals surface area contributed by atoms with Crippen LogP contribution in [0.4, 0.5) is 0 Å². The number of carbonyl (C=O) groups is 1. The molecule has 0 aliphatic rings. The summed E-state index contributed by atoms with van der Waals surface area (Å²) in [7, 11) is -3.93. The highest BCUT2D eigenvalue weighted by molar-refractivity contribution is 7.89. The number of sulfonamides is 1. The number of fused-ring (bicyclic) bond motifs is 1. The molecule has 130 valence electrons. The molecule has 3 aromatic rings. The summed E-state index contributed by atoms with van der Waals surface area (Å²) in [5, 5.41) is 0. The Morgan fingerprint density at radius 1 is 1.12 bits per heavy atom. The smallest absolute Gasteiger partial charge is 0.326 e. The summed E-state index contributed by atoms with van der Waals surface area (Å²) < 4.78 is 31.9. The van der Waals surface area contributed by atoms with Crippen LogP contribution >= 0.6 is 0 Å². The Balaban J connectivity index is 1.71. The molecule has 1 aromatic heterocycles. The number of aromatic amines is 2. The van der Waals surface area contributed by atoms with Crippen molar-refractivity contribution in [2.24, 2.45) is 0 Å². The molecule has 25 heavy (non-hydrogen) atoms. The maximum absolute atomic E-state index is 12.3. The van der Waals surface area contributed by atoms with E-state index in [2.05, 4.69) is 14.7 Å². The van der Waals surface area contributed by atoms with Crippen LogP contribution in [0, 0.1) is 6.92 Å². The van der Waals surface area contributed by atoms with Crippen molar-refractivity contribution in [3.8, 4) is 5.75 Å². The molecule has 0 amide bonds. The minimum Gasteiger partial charge on any atom is -0.425 e. The highest BCUT2D eigenvalue weighted by atomic mass is 32.2. The molecule has 0 spiro atoms. The quantitative estimate of drug-likeness (QED) is 0.463. The lowest BCUT2D eigenvalue weighted by Crippen LogP contribution is -2.32. The number of nitrogens with one attached hydrogen (secondary N) is 3. The first kappa shape index (κ1) is 16.9. The number of aryl methyl sites for hydroxylation is 1. The van der Waals surface area contributed by atoms with E-state index < -0.39 is 28.2 Å². The van der Waals surface area contributed by atoms with Crippen molar-refractivity contribution in [2.75, 3.05) is 6.54 Å². The van der Waals surface area contributed by atoms with Gasteiger partial charge in [-0.1, -0.05) is 18.2 Å². The Morgan fingerprint density at radius 3 is 2.60 bits per heavy atom. The van der Waals surface area contributed by atoms with Gasteiger partial charge in [-0.3, -0.25) is 4.79 Å². The number of rotatable bonds is 5. The van der Waals surface area contributed by atoms with Crippen LogP contribution in [-0.4, -0.2) is 30.9 Å². The van der Waals surface area contributed by atoms with E-state index in [4.69, 9.17) is 4.74 Å². The lowest BCUT2D eigenvalue weighted by atomic mass is 10.2. The lowest BCUT2D eigenvalue weighted by Gasteiger charge is -2.08. The lowest BCUT2D eigenvalue weighted by molar-refractivity contribution is -0.133. The van der Waals surface area contributed by atoms with Gasteiger partial charge in [0.1, 0.15) is 12.3 Å². The molecule has 0 atom stereocenters. The second kappa shape index (κ2) is 6.54. The number of H-pyrrole nitrogens is 2.